The summed E-state index contributed by atoms with van der Waals surface area (Å²) in [6.45, 7) is 6.64. The first-order valence-corrected chi connectivity index (χ1v) is 12.1. The summed E-state index contributed by atoms with van der Waals surface area (Å²) in [6, 6.07) is -0.0313. The zero-order chi connectivity index (χ0) is 23.8. The van der Waals surface area contributed by atoms with Crippen molar-refractivity contribution >= 4 is 34.5 Å². The van der Waals surface area contributed by atoms with Crippen LogP contribution in [0.15, 0.2) is 10.9 Å². The van der Waals surface area contributed by atoms with Gasteiger partial charge in [-0.3, -0.25) is 4.79 Å². The number of nitrogens with zero attached hydrogens (tertiary/aromatic N) is 5. The Kier molecular flexibility index (Phi) is 4.78. The smallest absolute Gasteiger partial charge is 0.410 e. The highest BCUT2D eigenvalue weighted by atomic mass is 35.5. The van der Waals surface area contributed by atoms with Gasteiger partial charge in [-0.15, -0.1) is 0 Å². The molecule has 0 spiro atoms. The summed E-state index contributed by atoms with van der Waals surface area (Å²) in [6.07, 6.45) is 4.77. The summed E-state index contributed by atoms with van der Waals surface area (Å²) in [5, 5.41) is 5.38. The molecule has 3 aromatic heterocycles. The predicted octanol–water partition coefficient (Wildman–Crippen LogP) is 4.93. The van der Waals surface area contributed by atoms with Crippen molar-refractivity contribution < 1.29 is 18.8 Å². The third-order valence-electron chi connectivity index (χ3n) is 6.79. The highest BCUT2D eigenvalue weighted by Crippen LogP contribution is 2.48. The lowest BCUT2D eigenvalue weighted by molar-refractivity contribution is 0.0289. The molecule has 9 nitrogen and oxygen atoms in total. The monoisotopic (exact) mass is 483 g/mol. The van der Waals surface area contributed by atoms with E-state index in [0.717, 1.165) is 30.5 Å². The van der Waals surface area contributed by atoms with Crippen LogP contribution in [0.4, 0.5) is 4.79 Å². The van der Waals surface area contributed by atoms with Gasteiger partial charge in [0.2, 0.25) is 0 Å². The molecule has 1 atom stereocenters. The molecule has 0 aromatic carbocycles. The lowest BCUT2D eigenvalue weighted by Gasteiger charge is -2.25. The van der Waals surface area contributed by atoms with Crippen LogP contribution in [0.5, 0.6) is 0 Å². The minimum absolute atomic E-state index is 0.0313. The molecule has 3 aliphatic rings. The van der Waals surface area contributed by atoms with Crippen LogP contribution >= 0.6 is 11.6 Å². The molecule has 2 aliphatic carbocycles. The van der Waals surface area contributed by atoms with Crippen LogP contribution in [-0.2, 0) is 11.2 Å². The van der Waals surface area contributed by atoms with Gasteiger partial charge >= 0.3 is 6.09 Å². The van der Waals surface area contributed by atoms with Gasteiger partial charge in [0.05, 0.1) is 17.0 Å². The fraction of sp³-hybridized carbons (Fsp3) is 0.542. The average molecular weight is 484 g/mol. The van der Waals surface area contributed by atoms with E-state index in [2.05, 4.69) is 19.7 Å². The lowest BCUT2D eigenvalue weighted by atomic mass is 10.0. The van der Waals surface area contributed by atoms with Crippen LogP contribution in [0.25, 0.3) is 22.3 Å². The Hall–Kier alpha value is -2.94. The van der Waals surface area contributed by atoms with Crippen LogP contribution in [0.2, 0.25) is 5.15 Å². The Morgan fingerprint density at radius 3 is 2.71 bits per heavy atom. The van der Waals surface area contributed by atoms with Crippen molar-refractivity contribution in [3.05, 3.63) is 28.5 Å². The minimum Gasteiger partial charge on any atom is -0.444 e. The first kappa shape index (κ1) is 21.6. The van der Waals surface area contributed by atoms with Crippen LogP contribution < -0.4 is 0 Å². The van der Waals surface area contributed by atoms with E-state index in [-0.39, 0.29) is 23.8 Å². The summed E-state index contributed by atoms with van der Waals surface area (Å²) in [4.78, 5) is 36.4. The number of carbonyl (C=O) groups excluding carboxylic acids is 2. The van der Waals surface area contributed by atoms with Gasteiger partial charge in [0.25, 0.3) is 0 Å². The number of amides is 1. The second kappa shape index (κ2) is 7.53. The number of carbonyl (C=O) groups is 2. The molecule has 10 heteroatoms. The Morgan fingerprint density at radius 1 is 1.18 bits per heavy atom. The molecule has 4 heterocycles. The number of rotatable bonds is 2. The molecule has 1 saturated heterocycles. The maximum atomic E-state index is 13.2. The number of likely N-dealkylation sites (tertiary alicyclic amines) is 1. The van der Waals surface area contributed by atoms with Crippen molar-refractivity contribution in [1.82, 2.24) is 24.6 Å². The van der Waals surface area contributed by atoms with Gasteiger partial charge in [-0.05, 0) is 46.5 Å². The molecule has 2 fully saturated rings. The summed E-state index contributed by atoms with van der Waals surface area (Å²) in [5.41, 5.74) is 2.99. The summed E-state index contributed by atoms with van der Waals surface area (Å²) < 4.78 is 13.4. The minimum atomic E-state index is -0.559. The molecular weight excluding hydrogens is 458 g/mol. The highest BCUT2D eigenvalue weighted by Gasteiger charge is 2.40. The first-order valence-electron chi connectivity index (χ1n) is 11.8. The molecule has 0 radical (unpaired) electrons. The van der Waals surface area contributed by atoms with E-state index in [1.165, 1.54) is 6.33 Å². The molecule has 0 bridgehead atoms. The third-order valence-corrected chi connectivity index (χ3v) is 7.08. The number of Topliss-reactive ketones (excluding diaryl/α,β-unsaturated/α-hetero) is 1. The second-order valence-corrected chi connectivity index (χ2v) is 10.7. The molecule has 1 saturated carbocycles. The number of ether oxygens (including phenoxy) is 1. The van der Waals surface area contributed by atoms with Crippen LogP contribution in [0.1, 0.15) is 80.2 Å². The number of hydrogen-bond acceptors (Lipinski definition) is 7. The van der Waals surface area contributed by atoms with Crippen molar-refractivity contribution in [1.29, 1.82) is 0 Å². The van der Waals surface area contributed by atoms with Gasteiger partial charge in [0.15, 0.2) is 11.5 Å². The molecule has 1 unspecified atom stereocenters. The lowest BCUT2D eigenvalue weighted by Crippen LogP contribution is -2.35. The number of fused-ring (bicyclic) bond motifs is 5. The van der Waals surface area contributed by atoms with Crippen molar-refractivity contribution in [3.63, 3.8) is 0 Å². The van der Waals surface area contributed by atoms with E-state index >= 15 is 0 Å². The van der Waals surface area contributed by atoms with Gasteiger partial charge in [-0.25, -0.2) is 14.8 Å². The Bertz CT molecular complexity index is 1330. The number of halogens is 1. The van der Waals surface area contributed by atoms with Gasteiger partial charge in [0.1, 0.15) is 28.4 Å². The molecule has 6 rings (SSSR count). The normalized spacial score (nSPS) is 20.4. The topological polar surface area (TPSA) is 103 Å². The van der Waals surface area contributed by atoms with Gasteiger partial charge in [0, 0.05) is 36.7 Å². The summed E-state index contributed by atoms with van der Waals surface area (Å²) in [7, 11) is 0. The fourth-order valence-electron chi connectivity index (χ4n) is 5.21. The zero-order valence-corrected chi connectivity index (χ0v) is 20.2. The van der Waals surface area contributed by atoms with E-state index in [4.69, 9.17) is 20.9 Å². The van der Waals surface area contributed by atoms with Crippen molar-refractivity contribution in [2.45, 2.75) is 70.4 Å². The van der Waals surface area contributed by atoms with Gasteiger partial charge < -0.3 is 18.7 Å². The molecule has 3 aromatic rings. The van der Waals surface area contributed by atoms with E-state index in [9.17, 15) is 9.59 Å². The Labute approximate surface area is 201 Å². The van der Waals surface area contributed by atoms with Gasteiger partial charge in [-0.1, -0.05) is 16.8 Å². The van der Waals surface area contributed by atoms with E-state index in [1.807, 2.05) is 20.8 Å². The van der Waals surface area contributed by atoms with Crippen molar-refractivity contribution in [2.75, 3.05) is 13.1 Å². The standard InChI is InChI=1S/C24H26ClN5O4/c1-24(2,3)33-23(32)29-9-8-13(10-29)30-14-6-7-15(31)17-19(28-34-20(17)12-4-5-12)16(14)18-21(25)26-11-27-22(18)30/h11-13H,4-10H2,1-3H3. The SMILES string of the molecule is CC(C)(C)OC(=O)N1CCC(n2c3c(c4c(Cl)ncnc42)-c2noc(C4CC4)c2C(=O)CC3)C1. The van der Waals surface area contributed by atoms with E-state index in [0.29, 0.717) is 59.1 Å². The molecule has 34 heavy (non-hydrogen) atoms. The molecule has 178 valence electrons. The summed E-state index contributed by atoms with van der Waals surface area (Å²) >= 11 is 6.61. The maximum absolute atomic E-state index is 13.2. The Balaban J connectivity index is 1.48. The van der Waals surface area contributed by atoms with Crippen molar-refractivity contribution in [2.24, 2.45) is 0 Å². The second-order valence-electron chi connectivity index (χ2n) is 10.4. The fourth-order valence-corrected chi connectivity index (χ4v) is 5.43. The molecular formula is C24H26ClN5O4. The van der Waals surface area contributed by atoms with Gasteiger partial charge in [-0.2, -0.15) is 0 Å². The zero-order valence-electron chi connectivity index (χ0n) is 19.4. The predicted molar refractivity (Wildman–Crippen MR) is 124 cm³/mol. The van der Waals surface area contributed by atoms with E-state index < -0.39 is 5.60 Å². The Morgan fingerprint density at radius 2 is 1.97 bits per heavy atom. The van der Waals surface area contributed by atoms with Crippen LogP contribution in [0.3, 0.4) is 0 Å². The van der Waals surface area contributed by atoms with Crippen LogP contribution in [-0.4, -0.2) is 55.2 Å². The number of hydrogen-bond donors (Lipinski definition) is 0. The molecule has 1 amide bonds. The average Bonchev–Trinajstić information content (AvgIpc) is 3.23. The first-order chi connectivity index (χ1) is 16.2. The largest absolute Gasteiger partial charge is 0.444 e. The maximum Gasteiger partial charge on any atom is 0.410 e. The quantitative estimate of drug-likeness (QED) is 0.476. The summed E-state index contributed by atoms with van der Waals surface area (Å²) in [5.74, 6) is 1.00. The highest BCUT2D eigenvalue weighted by molar-refractivity contribution is 6.35. The molecule has 1 aliphatic heterocycles. The van der Waals surface area contributed by atoms with Crippen LogP contribution in [0, 0.1) is 0 Å². The third kappa shape index (κ3) is 3.40. The number of aromatic nitrogens is 4. The molecule has 0 N–H and O–H groups in total. The van der Waals surface area contributed by atoms with E-state index in [1.54, 1.807) is 4.90 Å². The number of ketones is 1. The van der Waals surface area contributed by atoms with Crippen molar-refractivity contribution in [3.8, 4) is 11.3 Å².